The molecule has 0 aromatic carbocycles. The van der Waals surface area contributed by atoms with E-state index >= 15 is 0 Å². The predicted molar refractivity (Wildman–Crippen MR) is 118 cm³/mol. The number of halogens is 6. The number of ether oxygens (including phenoxy) is 2. The lowest BCUT2D eigenvalue weighted by Crippen LogP contribution is -2.51. The average molecular weight is 558 g/mol. The summed E-state index contributed by atoms with van der Waals surface area (Å²) >= 11 is 1.84. The van der Waals surface area contributed by atoms with E-state index in [4.69, 9.17) is 29.3 Å². The van der Waals surface area contributed by atoms with E-state index in [9.17, 15) is 26.3 Å². The van der Waals surface area contributed by atoms with Gasteiger partial charge in [0.15, 0.2) is 0 Å². The number of aliphatic carboxylic acids is 2. The molecule has 37 heavy (non-hydrogen) atoms. The summed E-state index contributed by atoms with van der Waals surface area (Å²) in [5.41, 5.74) is 0.988. The Morgan fingerprint density at radius 2 is 1.70 bits per heavy atom. The number of alkyl halides is 6. The largest absolute Gasteiger partial charge is 0.490 e. The van der Waals surface area contributed by atoms with E-state index in [0.29, 0.717) is 12.6 Å². The fourth-order valence-corrected chi connectivity index (χ4v) is 4.37. The molecule has 206 valence electrons. The van der Waals surface area contributed by atoms with Crippen molar-refractivity contribution in [3.63, 3.8) is 0 Å². The van der Waals surface area contributed by atoms with Gasteiger partial charge in [-0.05, 0) is 36.4 Å². The lowest BCUT2D eigenvalue weighted by atomic mass is 10.1. The third-order valence-corrected chi connectivity index (χ3v) is 6.11. The fraction of sp³-hybridized carbons (Fsp3) is 0.500. The molecule has 15 heteroatoms. The molecule has 0 radical (unpaired) electrons. The third kappa shape index (κ3) is 10.3. The SMILES string of the molecule is O=C(O)C(F)(F)F.O=C(O)C(F)(F)F.c1ccc(CO[C@H]2CC[C@H]3[C@H]2OCCN3Cc2cccs2)nc1. The molecular formula is C22H24F6N2O6S. The zero-order valence-corrected chi connectivity index (χ0v) is 19.9. The first-order valence-corrected chi connectivity index (χ1v) is 11.7. The van der Waals surface area contributed by atoms with E-state index < -0.39 is 24.3 Å². The Bertz CT molecular complexity index is 950. The van der Waals surface area contributed by atoms with Crippen LogP contribution in [0.25, 0.3) is 0 Å². The first-order chi connectivity index (χ1) is 17.3. The number of carbonyl (C=O) groups is 2. The summed E-state index contributed by atoms with van der Waals surface area (Å²) in [5.74, 6) is -5.51. The second-order valence-electron chi connectivity index (χ2n) is 7.81. The summed E-state index contributed by atoms with van der Waals surface area (Å²) in [6.45, 7) is 3.43. The number of pyridine rings is 1. The van der Waals surface area contributed by atoms with Crippen molar-refractivity contribution < 1.29 is 55.6 Å². The second kappa shape index (κ2) is 13.7. The minimum Gasteiger partial charge on any atom is -0.475 e. The van der Waals surface area contributed by atoms with Gasteiger partial charge in [0.05, 0.1) is 31.1 Å². The molecule has 2 N–H and O–H groups in total. The van der Waals surface area contributed by atoms with Crippen LogP contribution in [0.4, 0.5) is 26.3 Å². The molecular weight excluding hydrogens is 534 g/mol. The number of carboxylic acids is 2. The van der Waals surface area contributed by atoms with Crippen molar-refractivity contribution >= 4 is 23.3 Å². The van der Waals surface area contributed by atoms with Crippen LogP contribution < -0.4 is 0 Å². The van der Waals surface area contributed by atoms with E-state index in [1.165, 1.54) is 4.88 Å². The van der Waals surface area contributed by atoms with Gasteiger partial charge >= 0.3 is 24.3 Å². The highest BCUT2D eigenvalue weighted by Crippen LogP contribution is 2.33. The summed E-state index contributed by atoms with van der Waals surface area (Å²) in [4.78, 5) is 26.1. The van der Waals surface area contributed by atoms with E-state index in [0.717, 1.165) is 38.2 Å². The highest BCUT2D eigenvalue weighted by atomic mass is 32.1. The third-order valence-electron chi connectivity index (χ3n) is 5.25. The number of fused-ring (bicyclic) bond motifs is 1. The number of thiophene rings is 1. The van der Waals surface area contributed by atoms with Gasteiger partial charge in [-0.2, -0.15) is 26.3 Å². The fourth-order valence-electron chi connectivity index (χ4n) is 3.65. The van der Waals surface area contributed by atoms with Crippen LogP contribution in [-0.2, 0) is 32.2 Å². The Morgan fingerprint density at radius 3 is 2.22 bits per heavy atom. The summed E-state index contributed by atoms with van der Waals surface area (Å²) < 4.78 is 75.7. The lowest BCUT2D eigenvalue weighted by molar-refractivity contribution is -0.193. The Morgan fingerprint density at radius 1 is 1.05 bits per heavy atom. The Balaban J connectivity index is 0.000000286. The molecule has 0 spiro atoms. The molecule has 3 heterocycles. The highest BCUT2D eigenvalue weighted by Gasteiger charge is 2.43. The van der Waals surface area contributed by atoms with Crippen molar-refractivity contribution in [1.82, 2.24) is 9.88 Å². The molecule has 1 saturated heterocycles. The Kier molecular flexibility index (Phi) is 11.3. The molecule has 3 atom stereocenters. The molecule has 1 saturated carbocycles. The highest BCUT2D eigenvalue weighted by molar-refractivity contribution is 7.09. The average Bonchev–Trinajstić information content (AvgIpc) is 3.48. The van der Waals surface area contributed by atoms with Crippen molar-refractivity contribution in [3.8, 4) is 0 Å². The minimum atomic E-state index is -5.08. The number of aromatic nitrogens is 1. The number of nitrogens with zero attached hydrogens (tertiary/aromatic N) is 2. The number of hydrogen-bond donors (Lipinski definition) is 2. The van der Waals surface area contributed by atoms with Gasteiger partial charge < -0.3 is 19.7 Å². The van der Waals surface area contributed by atoms with Crippen LogP contribution in [0.5, 0.6) is 0 Å². The van der Waals surface area contributed by atoms with Crippen LogP contribution in [0, 0.1) is 0 Å². The number of morpholine rings is 1. The molecule has 0 amide bonds. The monoisotopic (exact) mass is 558 g/mol. The molecule has 2 aromatic rings. The predicted octanol–water partition coefficient (Wildman–Crippen LogP) is 4.36. The number of hydrogen-bond acceptors (Lipinski definition) is 7. The molecule has 0 bridgehead atoms. The van der Waals surface area contributed by atoms with Gasteiger partial charge in [0.1, 0.15) is 0 Å². The quantitative estimate of drug-likeness (QED) is 0.522. The first-order valence-electron chi connectivity index (χ1n) is 10.8. The van der Waals surface area contributed by atoms with Crippen molar-refractivity contribution in [2.24, 2.45) is 0 Å². The molecule has 4 rings (SSSR count). The summed E-state index contributed by atoms with van der Waals surface area (Å²) in [6.07, 6.45) is -5.73. The zero-order valence-electron chi connectivity index (χ0n) is 19.1. The van der Waals surface area contributed by atoms with Crippen molar-refractivity contribution in [3.05, 3.63) is 52.5 Å². The maximum atomic E-state index is 10.6. The Labute approximate surface area is 211 Å². The topological polar surface area (TPSA) is 109 Å². The summed E-state index contributed by atoms with van der Waals surface area (Å²) in [6, 6.07) is 10.8. The zero-order chi connectivity index (χ0) is 27.6. The molecule has 2 aromatic heterocycles. The lowest BCUT2D eigenvalue weighted by Gasteiger charge is -2.38. The van der Waals surface area contributed by atoms with E-state index in [2.05, 4.69) is 27.4 Å². The normalized spacial score (nSPS) is 21.6. The molecule has 2 fully saturated rings. The summed E-state index contributed by atoms with van der Waals surface area (Å²) in [7, 11) is 0. The molecule has 0 unspecified atom stereocenters. The van der Waals surface area contributed by atoms with Crippen LogP contribution in [0.1, 0.15) is 23.4 Å². The Hall–Kier alpha value is -2.75. The van der Waals surface area contributed by atoms with Crippen LogP contribution in [0.2, 0.25) is 0 Å². The van der Waals surface area contributed by atoms with Gasteiger partial charge in [-0.25, -0.2) is 9.59 Å². The van der Waals surface area contributed by atoms with Gasteiger partial charge in [0.2, 0.25) is 0 Å². The van der Waals surface area contributed by atoms with Crippen LogP contribution in [0.15, 0.2) is 41.9 Å². The maximum Gasteiger partial charge on any atom is 0.490 e. The maximum absolute atomic E-state index is 10.6. The van der Waals surface area contributed by atoms with Gasteiger partial charge in [-0.3, -0.25) is 9.88 Å². The van der Waals surface area contributed by atoms with Gasteiger partial charge in [0, 0.05) is 30.2 Å². The van der Waals surface area contributed by atoms with Crippen LogP contribution in [-0.4, -0.2) is 75.8 Å². The number of rotatable bonds is 5. The van der Waals surface area contributed by atoms with Gasteiger partial charge in [0.25, 0.3) is 0 Å². The molecule has 8 nitrogen and oxygen atoms in total. The molecule has 1 aliphatic carbocycles. The number of carboxylic acid groups (broad SMARTS) is 2. The van der Waals surface area contributed by atoms with E-state index in [-0.39, 0.29) is 12.2 Å². The second-order valence-corrected chi connectivity index (χ2v) is 8.84. The van der Waals surface area contributed by atoms with E-state index in [1.54, 1.807) is 0 Å². The van der Waals surface area contributed by atoms with E-state index in [1.807, 2.05) is 35.7 Å². The first kappa shape index (κ1) is 30.5. The van der Waals surface area contributed by atoms with Gasteiger partial charge in [-0.1, -0.05) is 12.1 Å². The standard InChI is InChI=1S/C18H22N2O2S.2C2HF3O2/c1-2-8-19-14(4-1)13-22-17-7-6-16-18(17)21-10-9-20(16)12-15-5-3-11-23-15;2*3-2(4,5)1(6)7/h1-5,8,11,16-18H,6-7,9-10,12-13H2;2*(H,6,7)/t16-,17-,18+;;/m0../s1. The van der Waals surface area contributed by atoms with Crippen LogP contribution in [0.3, 0.4) is 0 Å². The van der Waals surface area contributed by atoms with Crippen molar-refractivity contribution in [2.45, 2.75) is 56.6 Å². The molecule has 2 aliphatic rings. The van der Waals surface area contributed by atoms with Crippen molar-refractivity contribution in [2.75, 3.05) is 13.2 Å². The van der Waals surface area contributed by atoms with Gasteiger partial charge in [-0.15, -0.1) is 11.3 Å². The van der Waals surface area contributed by atoms with Crippen molar-refractivity contribution in [1.29, 1.82) is 0 Å². The summed E-state index contributed by atoms with van der Waals surface area (Å²) in [5, 5.41) is 16.4. The smallest absolute Gasteiger partial charge is 0.475 e. The van der Waals surface area contributed by atoms with Crippen LogP contribution >= 0.6 is 11.3 Å². The minimum absolute atomic E-state index is 0.188. The molecule has 1 aliphatic heterocycles.